The predicted octanol–water partition coefficient (Wildman–Crippen LogP) is 3.62. The lowest BCUT2D eigenvalue weighted by Gasteiger charge is -2.11. The summed E-state index contributed by atoms with van der Waals surface area (Å²) < 4.78 is 0. The predicted molar refractivity (Wildman–Crippen MR) is 104 cm³/mol. The molecule has 2 N–H and O–H groups in total. The van der Waals surface area contributed by atoms with Crippen LogP contribution in [0, 0.1) is 6.92 Å². The van der Waals surface area contributed by atoms with Gasteiger partial charge in [-0.3, -0.25) is 4.99 Å². The van der Waals surface area contributed by atoms with E-state index in [1.54, 1.807) is 18.4 Å². The number of halogens is 1. The molecule has 1 aromatic carbocycles. The van der Waals surface area contributed by atoms with Crippen LogP contribution in [0.5, 0.6) is 0 Å². The summed E-state index contributed by atoms with van der Waals surface area (Å²) in [6.07, 6.45) is 2.83. The lowest BCUT2D eigenvalue weighted by atomic mass is 10.1. The van der Waals surface area contributed by atoms with E-state index in [0.717, 1.165) is 43.3 Å². The van der Waals surface area contributed by atoms with E-state index < -0.39 is 0 Å². The minimum absolute atomic E-state index is 0.778. The topological polar surface area (TPSA) is 49.3 Å². The minimum atomic E-state index is 0.778. The quantitative estimate of drug-likeness (QED) is 0.582. The Morgan fingerprint density at radius 3 is 2.62 bits per heavy atom. The average Bonchev–Trinajstić information content (AvgIpc) is 2.93. The highest BCUT2D eigenvalue weighted by atomic mass is 35.5. The van der Waals surface area contributed by atoms with Gasteiger partial charge in [-0.05, 0) is 37.5 Å². The Morgan fingerprint density at radius 1 is 1.25 bits per heavy atom. The van der Waals surface area contributed by atoms with Crippen LogP contribution >= 0.6 is 22.9 Å². The van der Waals surface area contributed by atoms with Gasteiger partial charge >= 0.3 is 0 Å². The molecule has 0 aliphatic carbocycles. The highest BCUT2D eigenvalue weighted by Crippen LogP contribution is 2.17. The Morgan fingerprint density at radius 2 is 2.00 bits per heavy atom. The summed E-state index contributed by atoms with van der Waals surface area (Å²) in [7, 11) is 1.79. The van der Waals surface area contributed by atoms with E-state index in [9.17, 15) is 0 Å². The first-order chi connectivity index (χ1) is 11.6. The van der Waals surface area contributed by atoms with Gasteiger partial charge in [0.15, 0.2) is 5.96 Å². The summed E-state index contributed by atoms with van der Waals surface area (Å²) in [5.74, 6) is 0.820. The summed E-state index contributed by atoms with van der Waals surface area (Å²) >= 11 is 7.79. The zero-order valence-corrected chi connectivity index (χ0v) is 16.1. The molecule has 0 amide bonds. The van der Waals surface area contributed by atoms with Gasteiger partial charge in [0.2, 0.25) is 0 Å². The highest BCUT2D eigenvalue weighted by molar-refractivity contribution is 7.11. The van der Waals surface area contributed by atoms with Crippen LogP contribution in [0.3, 0.4) is 0 Å². The van der Waals surface area contributed by atoms with Crippen LogP contribution in [0.15, 0.2) is 29.3 Å². The van der Waals surface area contributed by atoms with E-state index in [-0.39, 0.29) is 0 Å². The number of thiazole rings is 1. The molecule has 2 rings (SSSR count). The molecule has 0 radical (unpaired) electrons. The molecule has 4 nitrogen and oxygen atoms in total. The summed E-state index contributed by atoms with van der Waals surface area (Å²) in [4.78, 5) is 10.3. The number of aromatic nitrogens is 1. The van der Waals surface area contributed by atoms with Crippen molar-refractivity contribution in [3.05, 3.63) is 50.4 Å². The van der Waals surface area contributed by atoms with Crippen LogP contribution in [0.2, 0.25) is 5.02 Å². The van der Waals surface area contributed by atoms with Crippen LogP contribution in [-0.4, -0.2) is 31.1 Å². The fourth-order valence-electron chi connectivity index (χ4n) is 2.45. The molecule has 0 unspecified atom stereocenters. The Bertz CT molecular complexity index is 681. The van der Waals surface area contributed by atoms with Gasteiger partial charge in [-0.25, -0.2) is 4.98 Å². The van der Waals surface area contributed by atoms with E-state index >= 15 is 0 Å². The summed E-state index contributed by atoms with van der Waals surface area (Å²) in [5, 5.41) is 8.64. The molecule has 130 valence electrons. The number of hydrogen-bond donors (Lipinski definition) is 2. The van der Waals surface area contributed by atoms with Gasteiger partial charge in [-0.15, -0.1) is 11.3 Å². The molecule has 0 atom stereocenters. The van der Waals surface area contributed by atoms with E-state index in [1.165, 1.54) is 21.1 Å². The highest BCUT2D eigenvalue weighted by Gasteiger charge is 2.06. The number of aliphatic imine (C=N–C) groups is 1. The molecule has 0 spiro atoms. The zero-order chi connectivity index (χ0) is 17.4. The molecule has 0 saturated carbocycles. The van der Waals surface area contributed by atoms with E-state index in [4.69, 9.17) is 11.6 Å². The Balaban J connectivity index is 1.72. The molecular weight excluding hydrogens is 340 g/mol. The zero-order valence-electron chi connectivity index (χ0n) is 14.5. The van der Waals surface area contributed by atoms with E-state index in [1.807, 2.05) is 18.2 Å². The van der Waals surface area contributed by atoms with Crippen molar-refractivity contribution in [1.82, 2.24) is 15.6 Å². The van der Waals surface area contributed by atoms with Crippen molar-refractivity contribution >= 4 is 28.9 Å². The third-order valence-electron chi connectivity index (χ3n) is 3.72. The second-order valence-corrected chi connectivity index (χ2v) is 7.24. The van der Waals surface area contributed by atoms with Crippen molar-refractivity contribution in [3.8, 4) is 0 Å². The lowest BCUT2D eigenvalue weighted by molar-refractivity contribution is 0.780. The number of guanidine groups is 1. The van der Waals surface area contributed by atoms with Gasteiger partial charge in [0.05, 0.1) is 10.7 Å². The number of rotatable bonds is 7. The molecular formula is C18H25ClN4S. The van der Waals surface area contributed by atoms with Crippen LogP contribution in [-0.2, 0) is 19.3 Å². The van der Waals surface area contributed by atoms with E-state index in [0.29, 0.717) is 0 Å². The van der Waals surface area contributed by atoms with Crippen molar-refractivity contribution in [3.63, 3.8) is 0 Å². The Labute approximate surface area is 153 Å². The Kier molecular flexibility index (Phi) is 7.53. The molecule has 24 heavy (non-hydrogen) atoms. The van der Waals surface area contributed by atoms with E-state index in [2.05, 4.69) is 40.5 Å². The maximum absolute atomic E-state index is 6.00. The van der Waals surface area contributed by atoms with Gasteiger partial charge in [-0.2, -0.15) is 0 Å². The second-order valence-electron chi connectivity index (χ2n) is 5.52. The van der Waals surface area contributed by atoms with Gasteiger partial charge in [0.25, 0.3) is 0 Å². The summed E-state index contributed by atoms with van der Waals surface area (Å²) in [5.41, 5.74) is 2.44. The first kappa shape index (κ1) is 18.7. The van der Waals surface area contributed by atoms with Crippen molar-refractivity contribution in [2.24, 2.45) is 4.99 Å². The van der Waals surface area contributed by atoms with Gasteiger partial charge in [0.1, 0.15) is 0 Å². The lowest BCUT2D eigenvalue weighted by Crippen LogP contribution is -2.39. The van der Waals surface area contributed by atoms with Crippen LogP contribution in [0.25, 0.3) is 0 Å². The fraction of sp³-hybridized carbons (Fsp3) is 0.444. The smallest absolute Gasteiger partial charge is 0.191 e. The van der Waals surface area contributed by atoms with Crippen molar-refractivity contribution in [2.75, 3.05) is 20.1 Å². The van der Waals surface area contributed by atoms with Gasteiger partial charge < -0.3 is 10.6 Å². The third-order valence-corrected chi connectivity index (χ3v) is 5.03. The normalized spacial score (nSPS) is 11.6. The number of nitrogens with zero attached hydrogens (tertiary/aromatic N) is 2. The van der Waals surface area contributed by atoms with Crippen molar-refractivity contribution in [2.45, 2.75) is 33.1 Å². The molecule has 0 aliphatic heterocycles. The molecule has 0 aliphatic rings. The van der Waals surface area contributed by atoms with Crippen LogP contribution in [0.1, 0.15) is 28.1 Å². The fourth-order valence-corrected chi connectivity index (χ4v) is 3.68. The largest absolute Gasteiger partial charge is 0.356 e. The first-order valence-electron chi connectivity index (χ1n) is 8.26. The molecule has 0 fully saturated rings. The maximum Gasteiger partial charge on any atom is 0.191 e. The molecule has 2 aromatic rings. The Hall–Kier alpha value is -1.59. The first-order valence-corrected chi connectivity index (χ1v) is 9.46. The van der Waals surface area contributed by atoms with Gasteiger partial charge in [-0.1, -0.05) is 30.7 Å². The molecule has 0 saturated heterocycles. The van der Waals surface area contributed by atoms with Crippen LogP contribution < -0.4 is 10.6 Å². The summed E-state index contributed by atoms with van der Waals surface area (Å²) in [6.45, 7) is 5.93. The van der Waals surface area contributed by atoms with Crippen LogP contribution in [0.4, 0.5) is 0 Å². The molecule has 6 heteroatoms. The molecule has 1 aromatic heterocycles. The minimum Gasteiger partial charge on any atom is -0.356 e. The standard InChI is InChI=1S/C18H25ClN4S/c1-4-16-13(2)24-17(23-16)9-11-22-18(20-3)21-10-8-14-6-5-7-15(19)12-14/h5-7,12H,4,8-11H2,1-3H3,(H2,20,21,22). The monoisotopic (exact) mass is 364 g/mol. The SMILES string of the molecule is CCc1nc(CCNC(=NC)NCCc2cccc(Cl)c2)sc1C. The number of aryl methyl sites for hydroxylation is 2. The number of nitrogens with one attached hydrogen (secondary N) is 2. The number of benzene rings is 1. The second kappa shape index (κ2) is 9.64. The molecule has 0 bridgehead atoms. The van der Waals surface area contributed by atoms with Gasteiger partial charge in [0, 0.05) is 36.5 Å². The maximum atomic E-state index is 6.00. The molecule has 1 heterocycles. The third kappa shape index (κ3) is 5.80. The van der Waals surface area contributed by atoms with Crippen molar-refractivity contribution in [1.29, 1.82) is 0 Å². The summed E-state index contributed by atoms with van der Waals surface area (Å²) in [6, 6.07) is 7.95. The average molecular weight is 365 g/mol. The number of hydrogen-bond acceptors (Lipinski definition) is 3. The van der Waals surface area contributed by atoms with Crippen molar-refractivity contribution < 1.29 is 0 Å².